The summed E-state index contributed by atoms with van der Waals surface area (Å²) in [5.41, 5.74) is 10.6. The first-order valence-corrected chi connectivity index (χ1v) is 22.9. The zero-order chi connectivity index (χ0) is 42.4. The fourth-order valence-electron chi connectivity index (χ4n) is 7.18. The van der Waals surface area contributed by atoms with Gasteiger partial charge in [0.2, 0.25) is 17.3 Å². The third-order valence-electron chi connectivity index (χ3n) is 10.3. The summed E-state index contributed by atoms with van der Waals surface area (Å²) in [6.07, 6.45) is 6.16. The van der Waals surface area contributed by atoms with Crippen molar-refractivity contribution in [2.75, 3.05) is 23.7 Å². The molecule has 13 nitrogen and oxygen atoms in total. The van der Waals surface area contributed by atoms with Gasteiger partial charge in [0.15, 0.2) is 12.6 Å². The SMILES string of the molecule is CCC(/C=C1\Sc2ccc(-c3ccccc3)cc2N1CCCS(=O)(=O)O)=C\c1sc2ccc(Cl)cc2[n+]1CCCCNC(=O)C(C)N1C=C(C(N)=O)CC(O)C1C(=O)O. The number of carbonyl (C=O) groups is 3. The van der Waals surface area contributed by atoms with Crippen LogP contribution in [0.25, 0.3) is 27.4 Å². The topological polar surface area (TPSA) is 194 Å². The first-order chi connectivity index (χ1) is 28.1. The van der Waals surface area contributed by atoms with Gasteiger partial charge >= 0.3 is 5.97 Å². The zero-order valence-corrected chi connectivity index (χ0v) is 35.8. The van der Waals surface area contributed by atoms with E-state index in [9.17, 15) is 37.6 Å². The quantitative estimate of drug-likeness (QED) is 0.0460. The second-order valence-corrected chi connectivity index (χ2v) is 18.5. The lowest BCUT2D eigenvalue weighted by atomic mass is 9.95. The molecule has 1 aromatic heterocycles. The molecule has 4 aromatic rings. The Morgan fingerprint density at radius 1 is 1.07 bits per heavy atom. The maximum absolute atomic E-state index is 13.2. The number of allylic oxidation sites excluding steroid dienone is 2. The molecule has 0 fully saturated rings. The third kappa shape index (κ3) is 10.7. The summed E-state index contributed by atoms with van der Waals surface area (Å²) < 4.78 is 36.1. The molecule has 3 aromatic carbocycles. The summed E-state index contributed by atoms with van der Waals surface area (Å²) in [7, 11) is -4.13. The molecule has 0 saturated carbocycles. The van der Waals surface area contributed by atoms with Gasteiger partial charge in [-0.15, -0.1) is 0 Å². The highest BCUT2D eigenvalue weighted by atomic mass is 35.5. The van der Waals surface area contributed by atoms with Gasteiger partial charge in [0.1, 0.15) is 10.7 Å². The second-order valence-electron chi connectivity index (χ2n) is 14.4. The van der Waals surface area contributed by atoms with E-state index in [4.69, 9.17) is 17.3 Å². The summed E-state index contributed by atoms with van der Waals surface area (Å²) in [6, 6.07) is 19.7. The van der Waals surface area contributed by atoms with Gasteiger partial charge in [0, 0.05) is 59.8 Å². The van der Waals surface area contributed by atoms with E-state index in [2.05, 4.69) is 52.1 Å². The molecule has 0 saturated heterocycles. The molecule has 3 atom stereocenters. The fraction of sp³-hybridized carbons (Fsp3) is 0.333. The molecule has 2 aliphatic rings. The highest BCUT2D eigenvalue weighted by molar-refractivity contribution is 8.03. The number of carbonyl (C=O) groups excluding carboxylic acids is 2. The van der Waals surface area contributed by atoms with Crippen molar-refractivity contribution in [3.05, 3.63) is 105 Å². The number of aromatic nitrogens is 1. The molecule has 59 heavy (non-hydrogen) atoms. The monoisotopic (exact) mass is 880 g/mol. The summed E-state index contributed by atoms with van der Waals surface area (Å²) in [6.45, 7) is 4.90. The predicted octanol–water partition coefficient (Wildman–Crippen LogP) is 6.21. The van der Waals surface area contributed by atoms with Crippen LogP contribution in [0.1, 0.15) is 51.0 Å². The van der Waals surface area contributed by atoms with Crippen LogP contribution in [0.3, 0.4) is 0 Å². The number of rotatable bonds is 17. The fourth-order valence-corrected chi connectivity index (χ4v) is 10.1. The van der Waals surface area contributed by atoms with Crippen molar-refractivity contribution < 1.29 is 42.1 Å². The Kier molecular flexibility index (Phi) is 14.2. The molecule has 312 valence electrons. The molecule has 0 radical (unpaired) electrons. The smallest absolute Gasteiger partial charge is 0.329 e. The van der Waals surface area contributed by atoms with Crippen LogP contribution in [0.5, 0.6) is 0 Å². The minimum Gasteiger partial charge on any atom is -0.480 e. The van der Waals surface area contributed by atoms with Crippen molar-refractivity contribution >= 4 is 84.6 Å². The first-order valence-electron chi connectivity index (χ1n) is 19.2. The van der Waals surface area contributed by atoms with Gasteiger partial charge in [0.05, 0.1) is 22.6 Å². The summed E-state index contributed by atoms with van der Waals surface area (Å²) >= 11 is 9.73. The molecule has 3 heterocycles. The van der Waals surface area contributed by atoms with Crippen LogP contribution in [-0.4, -0.2) is 82.9 Å². The van der Waals surface area contributed by atoms with Crippen molar-refractivity contribution in [1.82, 2.24) is 10.2 Å². The number of carboxylic acid groups (broad SMARTS) is 1. The van der Waals surface area contributed by atoms with E-state index < -0.39 is 46.1 Å². The van der Waals surface area contributed by atoms with Gasteiger partial charge in [-0.05, 0) is 73.2 Å². The minimum atomic E-state index is -4.13. The Balaban J connectivity index is 1.20. The summed E-state index contributed by atoms with van der Waals surface area (Å²) in [5, 5.41) is 25.6. The van der Waals surface area contributed by atoms with E-state index in [1.54, 1.807) is 23.1 Å². The van der Waals surface area contributed by atoms with Crippen LogP contribution < -0.4 is 20.5 Å². The number of aliphatic hydroxyl groups excluding tert-OH is 1. The van der Waals surface area contributed by atoms with Gasteiger partial charge in [-0.3, -0.25) is 14.1 Å². The molecule has 2 aliphatic heterocycles. The molecule has 6 rings (SSSR count). The number of primary amides is 1. The van der Waals surface area contributed by atoms with Gasteiger partial charge < -0.3 is 31.1 Å². The number of thioether (sulfide) groups is 1. The van der Waals surface area contributed by atoms with E-state index >= 15 is 0 Å². The lowest BCUT2D eigenvalue weighted by Gasteiger charge is -2.38. The number of carboxylic acids is 1. The number of benzene rings is 3. The number of anilines is 1. The lowest BCUT2D eigenvalue weighted by molar-refractivity contribution is -0.669. The molecule has 0 spiro atoms. The molecular weight excluding hydrogens is 834 g/mol. The van der Waals surface area contributed by atoms with E-state index in [0.29, 0.717) is 43.9 Å². The van der Waals surface area contributed by atoms with E-state index in [1.807, 2.05) is 48.5 Å². The van der Waals surface area contributed by atoms with Gasteiger partial charge in [-0.25, -0.2) is 4.79 Å². The van der Waals surface area contributed by atoms with E-state index in [0.717, 1.165) is 47.5 Å². The largest absolute Gasteiger partial charge is 0.480 e. The number of halogens is 1. The van der Waals surface area contributed by atoms with Crippen molar-refractivity contribution in [3.8, 4) is 11.1 Å². The van der Waals surface area contributed by atoms with Crippen molar-refractivity contribution in [2.45, 2.75) is 75.6 Å². The molecule has 0 bridgehead atoms. The zero-order valence-electron chi connectivity index (χ0n) is 32.6. The van der Waals surface area contributed by atoms with E-state index in [1.165, 1.54) is 18.0 Å². The van der Waals surface area contributed by atoms with Crippen molar-refractivity contribution in [1.29, 1.82) is 0 Å². The maximum Gasteiger partial charge on any atom is 0.329 e. The van der Waals surface area contributed by atoms with Gasteiger partial charge in [-0.2, -0.15) is 13.0 Å². The van der Waals surface area contributed by atoms with Crippen LogP contribution in [0.4, 0.5) is 5.69 Å². The van der Waals surface area contributed by atoms with Crippen molar-refractivity contribution in [2.24, 2.45) is 5.73 Å². The summed E-state index contributed by atoms with van der Waals surface area (Å²) in [4.78, 5) is 41.3. The average Bonchev–Trinajstić information content (AvgIpc) is 3.71. The highest BCUT2D eigenvalue weighted by Crippen LogP contribution is 2.48. The number of nitrogens with zero attached hydrogens (tertiary/aromatic N) is 3. The highest BCUT2D eigenvalue weighted by Gasteiger charge is 2.40. The van der Waals surface area contributed by atoms with Gasteiger partial charge in [0.25, 0.3) is 15.1 Å². The van der Waals surface area contributed by atoms with Crippen LogP contribution in [0.15, 0.2) is 100 Å². The standard InChI is InChI=1S/C42H46ClN5O8S3/c1-3-27(21-38-47(18-9-19-59(54,55)56)32-22-29(12-14-35(32)57-38)28-10-5-4-6-11-28)20-37-46(33-24-31(43)13-15-36(33)58-37)17-8-7-16-45-41(51)26(2)48-25-30(40(44)50)23-34(49)39(48)42(52)53/h4-6,10-15,20-22,24-26,34,39,49H,3,7-9,16-19,23H2,1-2H3,(H4-,44,45,50,51,52,53,54,55,56)/p+1. The Hall–Kier alpha value is -4.71. The Bertz CT molecular complexity index is 2440. The number of hydrogen-bond donors (Lipinski definition) is 5. The lowest BCUT2D eigenvalue weighted by Crippen LogP contribution is -2.56. The Labute approximate surface area is 356 Å². The molecule has 2 amide bonds. The Morgan fingerprint density at radius 2 is 1.83 bits per heavy atom. The van der Waals surface area contributed by atoms with Crippen LogP contribution in [0.2, 0.25) is 5.02 Å². The number of nitrogens with one attached hydrogen (secondary N) is 1. The van der Waals surface area contributed by atoms with Crippen LogP contribution in [0, 0.1) is 0 Å². The molecule has 6 N–H and O–H groups in total. The molecular formula is C42H47ClN5O8S3+. The third-order valence-corrected chi connectivity index (χ3v) is 13.5. The van der Waals surface area contributed by atoms with Crippen LogP contribution >= 0.6 is 34.7 Å². The van der Waals surface area contributed by atoms with Crippen LogP contribution in [-0.2, 0) is 31.0 Å². The number of aliphatic carboxylic acids is 1. The molecule has 3 unspecified atom stereocenters. The number of aryl methyl sites for hydroxylation is 1. The van der Waals surface area contributed by atoms with E-state index in [-0.39, 0.29) is 24.2 Å². The number of thiazole rings is 1. The minimum absolute atomic E-state index is 0.0413. The normalized spacial score (nSPS) is 18.2. The second kappa shape index (κ2) is 19.1. The van der Waals surface area contributed by atoms with Crippen molar-refractivity contribution in [3.63, 3.8) is 0 Å². The molecule has 17 heteroatoms. The number of fused-ring (bicyclic) bond motifs is 2. The first kappa shape index (κ1) is 43.9. The maximum atomic E-state index is 13.2. The number of aliphatic hydroxyl groups is 1. The Morgan fingerprint density at radius 3 is 2.53 bits per heavy atom. The average molecular weight is 882 g/mol. The molecule has 0 aliphatic carbocycles. The summed E-state index contributed by atoms with van der Waals surface area (Å²) in [5.74, 6) is -2.91. The number of amides is 2. The number of nitrogens with two attached hydrogens (primary N) is 1. The number of unbranched alkanes of at least 4 members (excludes halogenated alkanes) is 1. The number of hydrogen-bond acceptors (Lipinski definition) is 10. The predicted molar refractivity (Wildman–Crippen MR) is 232 cm³/mol. The van der Waals surface area contributed by atoms with Gasteiger partial charge in [-0.1, -0.05) is 78.0 Å².